The minimum atomic E-state index is -0.326. The quantitative estimate of drug-likeness (QED) is 0.677. The summed E-state index contributed by atoms with van der Waals surface area (Å²) in [6, 6.07) is 11.2. The van der Waals surface area contributed by atoms with E-state index in [4.69, 9.17) is 14.2 Å². The molecule has 0 spiro atoms. The first kappa shape index (κ1) is 19.8. The maximum atomic E-state index is 12.8. The molecule has 1 fully saturated rings. The molecule has 1 aliphatic rings. The van der Waals surface area contributed by atoms with Crippen molar-refractivity contribution in [3.63, 3.8) is 0 Å². The van der Waals surface area contributed by atoms with Crippen LogP contribution in [0.25, 0.3) is 6.08 Å². The lowest BCUT2D eigenvalue weighted by Gasteiger charge is -2.14. The van der Waals surface area contributed by atoms with Crippen LogP contribution >= 0.6 is 11.8 Å². The number of thioether (sulfide) groups is 1. The average Bonchev–Trinajstić information content (AvgIpc) is 2.95. The van der Waals surface area contributed by atoms with Crippen molar-refractivity contribution in [3.8, 4) is 17.2 Å². The fraction of sp³-hybridized carbons (Fsp3) is 0.238. The summed E-state index contributed by atoms with van der Waals surface area (Å²) in [5.41, 5.74) is 2.61. The first-order valence-electron chi connectivity index (χ1n) is 8.58. The molecule has 0 bridgehead atoms. The Morgan fingerprint density at radius 2 is 1.75 bits per heavy atom. The van der Waals surface area contributed by atoms with Crippen LogP contribution < -0.4 is 14.2 Å². The molecule has 0 aromatic heterocycles. The predicted molar refractivity (Wildman–Crippen MR) is 109 cm³/mol. The topological polar surface area (TPSA) is 65.1 Å². The number of aryl methyl sites for hydroxylation is 1. The second-order valence-corrected chi connectivity index (χ2v) is 7.17. The summed E-state index contributed by atoms with van der Waals surface area (Å²) in [4.78, 5) is 26.8. The summed E-state index contributed by atoms with van der Waals surface area (Å²) < 4.78 is 16.1. The molecular weight excluding hydrogens is 378 g/mol. The Morgan fingerprint density at radius 3 is 2.39 bits per heavy atom. The van der Waals surface area contributed by atoms with E-state index in [9.17, 15) is 9.59 Å². The van der Waals surface area contributed by atoms with Crippen LogP contribution in [0.5, 0.6) is 17.2 Å². The number of rotatable bonds is 6. The second-order valence-electron chi connectivity index (χ2n) is 6.18. The summed E-state index contributed by atoms with van der Waals surface area (Å²) in [5.74, 6) is 1.06. The first-order valence-corrected chi connectivity index (χ1v) is 9.40. The van der Waals surface area contributed by atoms with Crippen molar-refractivity contribution in [2.75, 3.05) is 21.3 Å². The number of amides is 2. The van der Waals surface area contributed by atoms with Crippen molar-refractivity contribution >= 4 is 29.0 Å². The van der Waals surface area contributed by atoms with Crippen molar-refractivity contribution in [3.05, 3.63) is 58.0 Å². The fourth-order valence-corrected chi connectivity index (χ4v) is 3.84. The Hall–Kier alpha value is -2.93. The summed E-state index contributed by atoms with van der Waals surface area (Å²) >= 11 is 0.914. The van der Waals surface area contributed by atoms with Gasteiger partial charge in [0.05, 0.1) is 32.8 Å². The molecule has 2 amide bonds. The molecule has 0 N–H and O–H groups in total. The molecule has 1 aliphatic heterocycles. The van der Waals surface area contributed by atoms with E-state index in [0.717, 1.165) is 22.9 Å². The normalized spacial score (nSPS) is 15.3. The Labute approximate surface area is 168 Å². The molecule has 6 nitrogen and oxygen atoms in total. The van der Waals surface area contributed by atoms with Crippen molar-refractivity contribution in [1.82, 2.24) is 4.90 Å². The van der Waals surface area contributed by atoms with Crippen LogP contribution in [0.1, 0.15) is 16.7 Å². The zero-order chi connectivity index (χ0) is 20.3. The van der Waals surface area contributed by atoms with Gasteiger partial charge in [0.25, 0.3) is 11.1 Å². The van der Waals surface area contributed by atoms with Crippen LogP contribution in [0.3, 0.4) is 0 Å². The van der Waals surface area contributed by atoms with E-state index >= 15 is 0 Å². The third-order valence-electron chi connectivity index (χ3n) is 4.32. The maximum Gasteiger partial charge on any atom is 0.293 e. The smallest absolute Gasteiger partial charge is 0.293 e. The third-order valence-corrected chi connectivity index (χ3v) is 5.23. The highest BCUT2D eigenvalue weighted by atomic mass is 32.2. The van der Waals surface area contributed by atoms with Crippen LogP contribution in [0.15, 0.2) is 41.3 Å². The molecule has 7 heteroatoms. The number of hydrogen-bond acceptors (Lipinski definition) is 6. The molecule has 0 aliphatic carbocycles. The highest BCUT2D eigenvalue weighted by molar-refractivity contribution is 8.18. The van der Waals surface area contributed by atoms with Gasteiger partial charge in [0.15, 0.2) is 11.5 Å². The lowest BCUT2D eigenvalue weighted by atomic mass is 10.1. The number of imide groups is 1. The lowest BCUT2D eigenvalue weighted by molar-refractivity contribution is -0.123. The fourth-order valence-electron chi connectivity index (χ4n) is 3.01. The van der Waals surface area contributed by atoms with Gasteiger partial charge < -0.3 is 14.2 Å². The molecule has 1 heterocycles. The second kappa shape index (κ2) is 8.39. The molecule has 2 aromatic carbocycles. The molecule has 0 atom stereocenters. The van der Waals surface area contributed by atoms with Crippen LogP contribution in [0.4, 0.5) is 4.79 Å². The van der Waals surface area contributed by atoms with Gasteiger partial charge in [0, 0.05) is 5.56 Å². The summed E-state index contributed by atoms with van der Waals surface area (Å²) in [6.45, 7) is 2.22. The monoisotopic (exact) mass is 399 g/mol. The summed E-state index contributed by atoms with van der Waals surface area (Å²) in [5, 5.41) is -0.294. The third kappa shape index (κ3) is 3.84. The van der Waals surface area contributed by atoms with Gasteiger partial charge in [0.2, 0.25) is 5.75 Å². The van der Waals surface area contributed by atoms with Gasteiger partial charge in [-0.25, -0.2) is 0 Å². The standard InChI is InChI=1S/C21H21NO5S/c1-13-6-5-7-14(10-13)12-22-20(23)17(28-21(22)24)11-15-8-9-16(25-2)19(27-4)18(15)26-3/h5-11H,12H2,1-4H3/b17-11-. The molecule has 0 saturated carbocycles. The van der Waals surface area contributed by atoms with Crippen molar-refractivity contribution < 1.29 is 23.8 Å². The number of carbonyl (C=O) groups is 2. The van der Waals surface area contributed by atoms with Crippen LogP contribution in [0.2, 0.25) is 0 Å². The van der Waals surface area contributed by atoms with Crippen molar-refractivity contribution in [2.45, 2.75) is 13.5 Å². The Bertz CT molecular complexity index is 954. The molecule has 2 aromatic rings. The average molecular weight is 399 g/mol. The van der Waals surface area contributed by atoms with Crippen molar-refractivity contribution in [2.24, 2.45) is 0 Å². The van der Waals surface area contributed by atoms with E-state index in [-0.39, 0.29) is 17.7 Å². The van der Waals surface area contributed by atoms with E-state index in [0.29, 0.717) is 27.7 Å². The summed E-state index contributed by atoms with van der Waals surface area (Å²) in [7, 11) is 4.56. The number of ether oxygens (including phenoxy) is 3. The molecule has 0 radical (unpaired) electrons. The van der Waals surface area contributed by atoms with Crippen LogP contribution in [-0.4, -0.2) is 37.4 Å². The van der Waals surface area contributed by atoms with E-state index in [2.05, 4.69) is 0 Å². The highest BCUT2D eigenvalue weighted by Gasteiger charge is 2.35. The van der Waals surface area contributed by atoms with Crippen LogP contribution in [0, 0.1) is 6.92 Å². The Morgan fingerprint density at radius 1 is 1.00 bits per heavy atom. The Balaban J connectivity index is 1.91. The molecule has 28 heavy (non-hydrogen) atoms. The Kier molecular flexibility index (Phi) is 5.94. The van der Waals surface area contributed by atoms with E-state index in [1.165, 1.54) is 26.2 Å². The van der Waals surface area contributed by atoms with Crippen molar-refractivity contribution in [1.29, 1.82) is 0 Å². The number of benzene rings is 2. The van der Waals surface area contributed by atoms with Gasteiger partial charge in [0.1, 0.15) is 0 Å². The van der Waals surface area contributed by atoms with Gasteiger partial charge >= 0.3 is 0 Å². The van der Waals surface area contributed by atoms with Gasteiger partial charge in [-0.2, -0.15) is 0 Å². The zero-order valence-corrected chi connectivity index (χ0v) is 17.0. The number of hydrogen-bond donors (Lipinski definition) is 0. The number of carbonyl (C=O) groups excluding carboxylic acids is 2. The molecular formula is C21H21NO5S. The first-order chi connectivity index (χ1) is 13.5. The van der Waals surface area contributed by atoms with E-state index < -0.39 is 0 Å². The predicted octanol–water partition coefficient (Wildman–Crippen LogP) is 4.26. The largest absolute Gasteiger partial charge is 0.493 e. The summed E-state index contributed by atoms with van der Waals surface area (Å²) in [6.07, 6.45) is 1.64. The molecule has 146 valence electrons. The highest BCUT2D eigenvalue weighted by Crippen LogP contribution is 2.42. The van der Waals surface area contributed by atoms with Crippen LogP contribution in [-0.2, 0) is 11.3 Å². The van der Waals surface area contributed by atoms with Gasteiger partial charge in [-0.15, -0.1) is 0 Å². The molecule has 0 unspecified atom stereocenters. The van der Waals surface area contributed by atoms with Gasteiger partial charge in [-0.05, 0) is 42.5 Å². The molecule has 3 rings (SSSR count). The lowest BCUT2D eigenvalue weighted by Crippen LogP contribution is -2.27. The number of nitrogens with zero attached hydrogens (tertiary/aromatic N) is 1. The number of methoxy groups -OCH3 is 3. The van der Waals surface area contributed by atoms with E-state index in [1.807, 2.05) is 31.2 Å². The minimum Gasteiger partial charge on any atom is -0.493 e. The minimum absolute atomic E-state index is 0.243. The SMILES string of the molecule is COc1ccc(/C=C2\SC(=O)N(Cc3cccc(C)c3)C2=O)c(OC)c1OC. The van der Waals surface area contributed by atoms with Gasteiger partial charge in [-0.3, -0.25) is 14.5 Å². The molecule has 1 saturated heterocycles. The zero-order valence-electron chi connectivity index (χ0n) is 16.1. The maximum absolute atomic E-state index is 12.8. The van der Waals surface area contributed by atoms with E-state index in [1.54, 1.807) is 18.2 Å². The van der Waals surface area contributed by atoms with Gasteiger partial charge in [-0.1, -0.05) is 29.8 Å².